The molecule has 0 saturated heterocycles. The Morgan fingerprint density at radius 1 is 1.00 bits per heavy atom. The lowest BCUT2D eigenvalue weighted by molar-refractivity contribution is 0.252. The molecular formula is C23H17ClN6O. The predicted molar refractivity (Wildman–Crippen MR) is 123 cm³/mol. The highest BCUT2D eigenvalue weighted by Gasteiger charge is 2.12. The summed E-state index contributed by atoms with van der Waals surface area (Å²) in [6.07, 6.45) is 3.18. The lowest BCUT2D eigenvalue weighted by Crippen LogP contribution is -2.20. The van der Waals surface area contributed by atoms with Gasteiger partial charge in [0.1, 0.15) is 12.1 Å². The Bertz CT molecular complexity index is 1440. The number of fused-ring (bicyclic) bond motifs is 2. The number of anilines is 3. The van der Waals surface area contributed by atoms with Gasteiger partial charge in [0.2, 0.25) is 0 Å². The van der Waals surface area contributed by atoms with Gasteiger partial charge in [-0.2, -0.15) is 9.78 Å². The number of nitrogens with zero attached hydrogens (tertiary/aromatic N) is 4. The number of hydrogen-bond donors (Lipinski definition) is 2. The van der Waals surface area contributed by atoms with Crippen LogP contribution in [-0.2, 0) is 0 Å². The molecular weight excluding hydrogens is 412 g/mol. The third kappa shape index (κ3) is 3.67. The Morgan fingerprint density at radius 3 is 2.71 bits per heavy atom. The predicted octanol–water partition coefficient (Wildman–Crippen LogP) is 5.77. The van der Waals surface area contributed by atoms with Crippen LogP contribution in [0.25, 0.3) is 21.8 Å². The van der Waals surface area contributed by atoms with Gasteiger partial charge in [0.05, 0.1) is 17.2 Å². The van der Waals surface area contributed by atoms with E-state index in [2.05, 4.69) is 25.7 Å². The minimum Gasteiger partial charge on any atom is -0.340 e. The van der Waals surface area contributed by atoms with Crippen molar-refractivity contribution in [2.75, 3.05) is 10.6 Å². The number of carbonyl (C=O) groups excluding carboxylic acids is 1. The Labute approximate surface area is 182 Å². The zero-order valence-electron chi connectivity index (χ0n) is 16.5. The highest BCUT2D eigenvalue weighted by atomic mass is 35.5. The summed E-state index contributed by atoms with van der Waals surface area (Å²) in [6, 6.07) is 18.5. The molecule has 8 heteroatoms. The third-order valence-electron chi connectivity index (χ3n) is 4.99. The summed E-state index contributed by atoms with van der Waals surface area (Å²) in [5.41, 5.74) is 3.94. The van der Waals surface area contributed by atoms with Crippen LogP contribution >= 0.6 is 11.6 Å². The number of benzene rings is 3. The molecule has 5 aromatic rings. The second-order valence-electron chi connectivity index (χ2n) is 7.09. The Kier molecular flexibility index (Phi) is 4.72. The molecule has 0 atom stereocenters. The lowest BCUT2D eigenvalue weighted by Gasteiger charge is -2.09. The monoisotopic (exact) mass is 428 g/mol. The average molecular weight is 429 g/mol. The fourth-order valence-corrected chi connectivity index (χ4v) is 3.54. The summed E-state index contributed by atoms with van der Waals surface area (Å²) in [6.45, 7) is 1.91. The molecule has 7 nitrogen and oxygen atoms in total. The lowest BCUT2D eigenvalue weighted by atomic mass is 10.2. The van der Waals surface area contributed by atoms with E-state index in [-0.39, 0.29) is 6.03 Å². The summed E-state index contributed by atoms with van der Waals surface area (Å²) in [5, 5.41) is 12.7. The molecule has 0 radical (unpaired) electrons. The maximum Gasteiger partial charge on any atom is 0.347 e. The van der Waals surface area contributed by atoms with Crippen LogP contribution in [0.5, 0.6) is 0 Å². The summed E-state index contributed by atoms with van der Waals surface area (Å²) < 4.78 is 1.33. The quantitative estimate of drug-likeness (QED) is 0.381. The van der Waals surface area contributed by atoms with Gasteiger partial charge in [0, 0.05) is 27.2 Å². The highest BCUT2D eigenvalue weighted by molar-refractivity contribution is 6.31. The van der Waals surface area contributed by atoms with Gasteiger partial charge in [-0.15, -0.1) is 0 Å². The summed E-state index contributed by atoms with van der Waals surface area (Å²) >= 11 is 6.15. The van der Waals surface area contributed by atoms with E-state index in [4.69, 9.17) is 11.6 Å². The molecule has 0 fully saturated rings. The smallest absolute Gasteiger partial charge is 0.340 e. The van der Waals surface area contributed by atoms with E-state index in [0.29, 0.717) is 22.0 Å². The first-order valence-corrected chi connectivity index (χ1v) is 9.98. The van der Waals surface area contributed by atoms with Crippen molar-refractivity contribution in [3.8, 4) is 0 Å². The summed E-state index contributed by atoms with van der Waals surface area (Å²) in [5.74, 6) is 0.714. The van der Waals surface area contributed by atoms with Gasteiger partial charge in [0.25, 0.3) is 0 Å². The van der Waals surface area contributed by atoms with E-state index in [1.807, 2.05) is 55.5 Å². The Hall–Kier alpha value is -3.97. The minimum atomic E-state index is -0.363. The number of aryl methyl sites for hydroxylation is 1. The Morgan fingerprint density at radius 2 is 1.84 bits per heavy atom. The van der Waals surface area contributed by atoms with Crippen LogP contribution < -0.4 is 10.6 Å². The van der Waals surface area contributed by atoms with Gasteiger partial charge in [0.15, 0.2) is 0 Å². The Balaban J connectivity index is 1.42. The van der Waals surface area contributed by atoms with Crippen LogP contribution in [0.15, 0.2) is 73.2 Å². The van der Waals surface area contributed by atoms with Gasteiger partial charge in [-0.05, 0) is 55.0 Å². The van der Waals surface area contributed by atoms with Crippen molar-refractivity contribution in [1.82, 2.24) is 19.7 Å². The fraction of sp³-hybridized carbons (Fsp3) is 0.0435. The number of amides is 1. The molecule has 2 N–H and O–H groups in total. The largest absolute Gasteiger partial charge is 0.347 e. The van der Waals surface area contributed by atoms with Crippen molar-refractivity contribution in [2.45, 2.75) is 6.92 Å². The van der Waals surface area contributed by atoms with E-state index in [1.165, 1.54) is 11.0 Å². The van der Waals surface area contributed by atoms with Crippen LogP contribution in [0.3, 0.4) is 0 Å². The van der Waals surface area contributed by atoms with Crippen molar-refractivity contribution in [2.24, 2.45) is 0 Å². The normalized spacial score (nSPS) is 11.0. The topological polar surface area (TPSA) is 84.7 Å². The van der Waals surface area contributed by atoms with Gasteiger partial charge >= 0.3 is 6.03 Å². The standard InChI is InChI=1S/C23H17ClN6O/c1-14-6-7-17(11-19(14)24)29-23(31)30-21-9-8-16(10-15(21)12-27-30)28-22-18-4-2-3-5-20(18)25-13-26-22/h2-13H,1H3,(H,29,31)(H,25,26,28). The highest BCUT2D eigenvalue weighted by Crippen LogP contribution is 2.26. The minimum absolute atomic E-state index is 0.363. The molecule has 0 unspecified atom stereocenters. The van der Waals surface area contributed by atoms with E-state index in [9.17, 15) is 4.79 Å². The van der Waals surface area contributed by atoms with Crippen molar-refractivity contribution in [1.29, 1.82) is 0 Å². The molecule has 0 aliphatic heterocycles. The number of halogens is 1. The number of aromatic nitrogens is 4. The van der Waals surface area contributed by atoms with Crippen LogP contribution in [0.4, 0.5) is 22.0 Å². The molecule has 1 amide bonds. The zero-order chi connectivity index (χ0) is 21.4. The first-order valence-electron chi connectivity index (χ1n) is 9.60. The third-order valence-corrected chi connectivity index (χ3v) is 5.40. The average Bonchev–Trinajstić information content (AvgIpc) is 3.20. The van der Waals surface area contributed by atoms with Gasteiger partial charge in [-0.25, -0.2) is 14.8 Å². The summed E-state index contributed by atoms with van der Waals surface area (Å²) in [7, 11) is 0. The van der Waals surface area contributed by atoms with Crippen LogP contribution in [-0.4, -0.2) is 25.8 Å². The second kappa shape index (κ2) is 7.70. The van der Waals surface area contributed by atoms with Gasteiger partial charge in [-0.3, -0.25) is 0 Å². The number of nitrogens with one attached hydrogen (secondary N) is 2. The molecule has 2 heterocycles. The number of para-hydroxylation sites is 1. The van der Waals surface area contributed by atoms with Crippen LogP contribution in [0.2, 0.25) is 5.02 Å². The first kappa shape index (κ1) is 19.0. The molecule has 0 aliphatic rings. The number of hydrogen-bond acceptors (Lipinski definition) is 5. The molecule has 0 aliphatic carbocycles. The molecule has 0 saturated carbocycles. The van der Waals surface area contributed by atoms with Crippen molar-refractivity contribution in [3.63, 3.8) is 0 Å². The van der Waals surface area contributed by atoms with Crippen LogP contribution in [0, 0.1) is 6.92 Å². The van der Waals surface area contributed by atoms with Gasteiger partial charge < -0.3 is 10.6 Å². The maximum absolute atomic E-state index is 12.7. The van der Waals surface area contributed by atoms with Crippen molar-refractivity contribution in [3.05, 3.63) is 83.8 Å². The van der Waals surface area contributed by atoms with E-state index < -0.39 is 0 Å². The second-order valence-corrected chi connectivity index (χ2v) is 7.50. The van der Waals surface area contributed by atoms with E-state index in [0.717, 1.165) is 27.5 Å². The van der Waals surface area contributed by atoms with E-state index >= 15 is 0 Å². The fourth-order valence-electron chi connectivity index (χ4n) is 3.36. The molecule has 0 bridgehead atoms. The summed E-state index contributed by atoms with van der Waals surface area (Å²) in [4.78, 5) is 21.4. The molecule has 31 heavy (non-hydrogen) atoms. The SMILES string of the molecule is Cc1ccc(NC(=O)n2ncc3cc(Nc4ncnc5ccccc45)ccc32)cc1Cl. The zero-order valence-corrected chi connectivity index (χ0v) is 17.3. The molecule has 2 aromatic heterocycles. The molecule has 3 aromatic carbocycles. The maximum atomic E-state index is 12.7. The van der Waals surface area contributed by atoms with E-state index in [1.54, 1.807) is 18.3 Å². The molecule has 0 spiro atoms. The number of carbonyl (C=O) groups is 1. The molecule has 152 valence electrons. The first-order chi connectivity index (χ1) is 15.1. The van der Waals surface area contributed by atoms with Gasteiger partial charge in [-0.1, -0.05) is 29.8 Å². The molecule has 5 rings (SSSR count). The van der Waals surface area contributed by atoms with Crippen molar-refractivity contribution < 1.29 is 4.79 Å². The van der Waals surface area contributed by atoms with Crippen molar-refractivity contribution >= 4 is 56.6 Å². The number of rotatable bonds is 3. The van der Waals surface area contributed by atoms with Crippen LogP contribution in [0.1, 0.15) is 5.56 Å².